The van der Waals surface area contributed by atoms with Crippen molar-refractivity contribution in [3.8, 4) is 0 Å². The Labute approximate surface area is 80.6 Å². The largest absolute Gasteiger partial charge is 0.323 e. The molecule has 0 unspecified atom stereocenters. The normalized spacial score (nSPS) is 10.9. The molecule has 1 aromatic heterocycles. The third-order valence-electron chi connectivity index (χ3n) is 2.02. The Kier molecular flexibility index (Phi) is 2.24. The summed E-state index contributed by atoms with van der Waals surface area (Å²) >= 11 is 0.698. The first-order valence-corrected chi connectivity index (χ1v) is 4.91. The summed E-state index contributed by atoms with van der Waals surface area (Å²) in [6.07, 6.45) is 0. The minimum absolute atomic E-state index is 0.656. The first-order chi connectivity index (χ1) is 6.36. The summed E-state index contributed by atoms with van der Waals surface area (Å²) in [7, 11) is 0. The maximum atomic E-state index is 8.98. The molecule has 0 aliphatic heterocycles. The predicted octanol–water partition coefficient (Wildman–Crippen LogP) is 2.62. The van der Waals surface area contributed by atoms with Gasteiger partial charge in [-0.15, -0.1) is 0 Å². The maximum absolute atomic E-state index is 8.98. The zero-order valence-corrected chi connectivity index (χ0v) is 8.08. The average molecular weight is 194 g/mol. The zero-order chi connectivity index (χ0) is 9.26. The van der Waals surface area contributed by atoms with E-state index in [4.69, 9.17) is 4.55 Å². The second-order valence-corrected chi connectivity index (χ2v) is 3.27. The van der Waals surface area contributed by atoms with Gasteiger partial charge >= 0.3 is 0 Å². The van der Waals surface area contributed by atoms with E-state index < -0.39 is 0 Å². The Balaban J connectivity index is 2.73. The molecule has 1 heterocycles. The smallest absolute Gasteiger partial charge is 0.196 e. The molecule has 13 heavy (non-hydrogen) atoms. The zero-order valence-electron chi connectivity index (χ0n) is 7.27. The summed E-state index contributed by atoms with van der Waals surface area (Å²) in [5.41, 5.74) is 2.00. The summed E-state index contributed by atoms with van der Waals surface area (Å²) in [6.45, 7) is 2.86. The molecule has 2 rings (SSSR count). The van der Waals surface area contributed by atoms with Crippen molar-refractivity contribution >= 4 is 23.1 Å². The molecule has 1 N–H and O–H groups in total. The summed E-state index contributed by atoms with van der Waals surface area (Å²) in [5.74, 6) is 0. The average Bonchev–Trinajstić information content (AvgIpc) is 2.55. The van der Waals surface area contributed by atoms with Crippen molar-refractivity contribution in [1.82, 2.24) is 9.55 Å². The second kappa shape index (κ2) is 3.40. The van der Waals surface area contributed by atoms with Crippen molar-refractivity contribution in [1.29, 1.82) is 0 Å². The monoisotopic (exact) mass is 194 g/mol. The van der Waals surface area contributed by atoms with Crippen LogP contribution in [0.5, 0.6) is 0 Å². The van der Waals surface area contributed by atoms with Gasteiger partial charge in [-0.25, -0.2) is 4.98 Å². The molecule has 0 bridgehead atoms. The van der Waals surface area contributed by atoms with E-state index in [2.05, 4.69) is 4.98 Å². The molecule has 0 atom stereocenters. The third-order valence-corrected chi connectivity index (χ3v) is 2.49. The van der Waals surface area contributed by atoms with E-state index in [1.54, 1.807) is 0 Å². The molecule has 0 fully saturated rings. The maximum Gasteiger partial charge on any atom is 0.196 e. The standard InChI is InChI=1S/C9H10N2OS/c1-2-11-8-6-4-3-5-7(8)10-9(11)13-12/h3-6,12H,2H2,1H3. The van der Waals surface area contributed by atoms with Crippen LogP contribution in [-0.4, -0.2) is 14.1 Å². The van der Waals surface area contributed by atoms with E-state index in [1.165, 1.54) is 0 Å². The summed E-state index contributed by atoms with van der Waals surface area (Å²) in [5, 5.41) is 0.656. The van der Waals surface area contributed by atoms with Gasteiger partial charge in [-0.05, 0) is 19.1 Å². The number of nitrogens with zero attached hydrogens (tertiary/aromatic N) is 2. The highest BCUT2D eigenvalue weighted by molar-refractivity contribution is 7.93. The van der Waals surface area contributed by atoms with Gasteiger partial charge in [0.1, 0.15) is 0 Å². The van der Waals surface area contributed by atoms with Crippen molar-refractivity contribution in [2.75, 3.05) is 0 Å². The van der Waals surface area contributed by atoms with Crippen LogP contribution in [0.2, 0.25) is 0 Å². The Morgan fingerprint density at radius 3 is 2.92 bits per heavy atom. The summed E-state index contributed by atoms with van der Waals surface area (Å²) < 4.78 is 11.0. The van der Waals surface area contributed by atoms with Crippen molar-refractivity contribution < 1.29 is 4.55 Å². The van der Waals surface area contributed by atoms with Gasteiger partial charge in [-0.1, -0.05) is 12.1 Å². The Morgan fingerprint density at radius 1 is 1.46 bits per heavy atom. The van der Waals surface area contributed by atoms with Gasteiger partial charge in [0.25, 0.3) is 0 Å². The number of aryl methyl sites for hydroxylation is 1. The quantitative estimate of drug-likeness (QED) is 0.747. The molecule has 0 radical (unpaired) electrons. The van der Waals surface area contributed by atoms with E-state index in [0.717, 1.165) is 17.6 Å². The molecule has 0 spiro atoms. The van der Waals surface area contributed by atoms with Crippen LogP contribution in [0.1, 0.15) is 6.92 Å². The van der Waals surface area contributed by atoms with Crippen LogP contribution in [0.25, 0.3) is 11.0 Å². The van der Waals surface area contributed by atoms with Crippen molar-refractivity contribution in [2.24, 2.45) is 0 Å². The lowest BCUT2D eigenvalue weighted by molar-refractivity contribution is 0.629. The molecule has 0 saturated carbocycles. The lowest BCUT2D eigenvalue weighted by Crippen LogP contribution is -1.94. The van der Waals surface area contributed by atoms with Crippen LogP contribution in [0.4, 0.5) is 0 Å². The second-order valence-electron chi connectivity index (χ2n) is 2.72. The SMILES string of the molecule is CCn1c(SO)nc2ccccc21. The minimum atomic E-state index is 0.656. The van der Waals surface area contributed by atoms with Gasteiger partial charge in [0.2, 0.25) is 0 Å². The lowest BCUT2D eigenvalue weighted by Gasteiger charge is -2.00. The fourth-order valence-corrected chi connectivity index (χ4v) is 1.89. The van der Waals surface area contributed by atoms with E-state index >= 15 is 0 Å². The highest BCUT2D eigenvalue weighted by Crippen LogP contribution is 2.21. The number of rotatable bonds is 2. The third kappa shape index (κ3) is 1.32. The number of benzene rings is 1. The molecule has 3 nitrogen and oxygen atoms in total. The highest BCUT2D eigenvalue weighted by Gasteiger charge is 2.07. The molecule has 2 aromatic rings. The Hall–Kier alpha value is -1.00. The van der Waals surface area contributed by atoms with Crippen LogP contribution in [0, 0.1) is 0 Å². The molecule has 4 heteroatoms. The van der Waals surface area contributed by atoms with Crippen LogP contribution in [0.15, 0.2) is 29.4 Å². The fourth-order valence-electron chi connectivity index (χ4n) is 1.43. The van der Waals surface area contributed by atoms with Gasteiger partial charge in [-0.3, -0.25) is 0 Å². The predicted molar refractivity (Wildman–Crippen MR) is 53.9 cm³/mol. The van der Waals surface area contributed by atoms with Gasteiger partial charge in [-0.2, -0.15) is 0 Å². The number of hydrogen-bond acceptors (Lipinski definition) is 3. The molecular weight excluding hydrogens is 184 g/mol. The van der Waals surface area contributed by atoms with E-state index in [9.17, 15) is 0 Å². The molecule has 1 aromatic carbocycles. The highest BCUT2D eigenvalue weighted by atomic mass is 32.2. The number of fused-ring (bicyclic) bond motifs is 1. The van der Waals surface area contributed by atoms with Gasteiger partial charge in [0.15, 0.2) is 5.16 Å². The number of aromatic nitrogens is 2. The lowest BCUT2D eigenvalue weighted by atomic mass is 10.3. The van der Waals surface area contributed by atoms with Gasteiger partial charge in [0.05, 0.1) is 23.1 Å². The summed E-state index contributed by atoms with van der Waals surface area (Å²) in [6, 6.07) is 7.87. The van der Waals surface area contributed by atoms with Crippen LogP contribution < -0.4 is 0 Å². The number of hydrogen-bond donors (Lipinski definition) is 1. The molecule has 0 aliphatic rings. The van der Waals surface area contributed by atoms with Gasteiger partial charge < -0.3 is 9.12 Å². The fraction of sp³-hybridized carbons (Fsp3) is 0.222. The van der Waals surface area contributed by atoms with Crippen molar-refractivity contribution in [3.63, 3.8) is 0 Å². The van der Waals surface area contributed by atoms with Gasteiger partial charge in [0, 0.05) is 6.54 Å². The molecule has 0 saturated heterocycles. The van der Waals surface area contributed by atoms with E-state index in [-0.39, 0.29) is 0 Å². The Bertz CT molecular complexity index is 424. The van der Waals surface area contributed by atoms with Crippen LogP contribution in [-0.2, 0) is 6.54 Å². The Morgan fingerprint density at radius 2 is 2.23 bits per heavy atom. The summed E-state index contributed by atoms with van der Waals surface area (Å²) in [4.78, 5) is 4.28. The van der Waals surface area contributed by atoms with Crippen LogP contribution in [0.3, 0.4) is 0 Å². The number of para-hydroxylation sites is 2. The molecule has 0 amide bonds. The van der Waals surface area contributed by atoms with E-state index in [0.29, 0.717) is 17.2 Å². The van der Waals surface area contributed by atoms with Crippen molar-refractivity contribution in [3.05, 3.63) is 24.3 Å². The topological polar surface area (TPSA) is 38.0 Å². The first kappa shape index (κ1) is 8.59. The van der Waals surface area contributed by atoms with Crippen LogP contribution >= 0.6 is 12.0 Å². The van der Waals surface area contributed by atoms with Crippen molar-refractivity contribution in [2.45, 2.75) is 18.6 Å². The van der Waals surface area contributed by atoms with E-state index in [1.807, 2.05) is 35.8 Å². The molecule has 0 aliphatic carbocycles. The first-order valence-electron chi connectivity index (χ1n) is 4.13. The molecule has 68 valence electrons. The molecular formula is C9H10N2OS. The minimum Gasteiger partial charge on any atom is -0.323 e. The number of imidazole rings is 1.